The van der Waals surface area contributed by atoms with E-state index in [4.69, 9.17) is 17.0 Å². The summed E-state index contributed by atoms with van der Waals surface area (Å²) >= 11 is 5.88. The van der Waals surface area contributed by atoms with E-state index in [9.17, 15) is 10.1 Å². The second-order valence-corrected chi connectivity index (χ2v) is 9.82. The summed E-state index contributed by atoms with van der Waals surface area (Å²) in [4.78, 5) is 17.8. The number of benzene rings is 3. The van der Waals surface area contributed by atoms with Gasteiger partial charge in [0.25, 0.3) is 5.69 Å². The molecule has 1 saturated heterocycles. The first kappa shape index (κ1) is 25.3. The second-order valence-electron chi connectivity index (χ2n) is 9.44. The number of non-ortho nitro benzene ring substituents is 1. The normalized spacial score (nSPS) is 16.5. The fourth-order valence-electron chi connectivity index (χ4n) is 5.03. The number of hydrogen-bond donors (Lipinski definition) is 1. The molecule has 2 aromatic heterocycles. The minimum absolute atomic E-state index is 0.0274. The molecule has 3 aromatic carbocycles. The number of nitrogens with one attached hydrogen (secondary N) is 1. The number of nitrogens with zero attached hydrogens (tertiary/aromatic N) is 4. The van der Waals surface area contributed by atoms with Gasteiger partial charge in [0.15, 0.2) is 5.11 Å². The number of aromatic nitrogens is 2. The molecular formula is C31H25N5O3S. The molecule has 2 atom stereocenters. The lowest BCUT2D eigenvalue weighted by Gasteiger charge is -2.29. The van der Waals surface area contributed by atoms with Crippen LogP contribution in [0.15, 0.2) is 116 Å². The molecule has 8 nitrogen and oxygen atoms in total. The van der Waals surface area contributed by atoms with Crippen LogP contribution in [0.2, 0.25) is 0 Å². The predicted octanol–water partition coefficient (Wildman–Crippen LogP) is 7.06. The summed E-state index contributed by atoms with van der Waals surface area (Å²) in [6.07, 6.45) is 3.67. The molecule has 6 rings (SSSR count). The van der Waals surface area contributed by atoms with Gasteiger partial charge in [-0.25, -0.2) is 0 Å². The van der Waals surface area contributed by atoms with E-state index in [1.54, 1.807) is 18.3 Å². The van der Waals surface area contributed by atoms with Crippen LogP contribution in [0.25, 0.3) is 5.69 Å². The molecule has 1 aliphatic heterocycles. The van der Waals surface area contributed by atoms with Crippen LogP contribution in [0.3, 0.4) is 0 Å². The molecule has 0 aliphatic carbocycles. The number of rotatable bonds is 7. The van der Waals surface area contributed by atoms with Gasteiger partial charge < -0.3 is 19.5 Å². The highest BCUT2D eigenvalue weighted by Gasteiger charge is 2.42. The van der Waals surface area contributed by atoms with Crippen molar-refractivity contribution < 1.29 is 9.66 Å². The number of ether oxygens (including phenoxy) is 1. The van der Waals surface area contributed by atoms with E-state index in [-0.39, 0.29) is 22.7 Å². The third kappa shape index (κ3) is 4.78. The number of anilines is 1. The highest BCUT2D eigenvalue weighted by Crippen LogP contribution is 2.43. The van der Waals surface area contributed by atoms with Gasteiger partial charge in [-0.15, -0.1) is 0 Å². The van der Waals surface area contributed by atoms with Gasteiger partial charge in [0.1, 0.15) is 17.5 Å². The Morgan fingerprint density at radius 1 is 0.925 bits per heavy atom. The lowest BCUT2D eigenvalue weighted by Crippen LogP contribution is -2.30. The van der Waals surface area contributed by atoms with Crippen molar-refractivity contribution in [3.8, 4) is 17.2 Å². The molecule has 9 heteroatoms. The first-order valence-electron chi connectivity index (χ1n) is 12.8. The van der Waals surface area contributed by atoms with Gasteiger partial charge in [0, 0.05) is 35.9 Å². The van der Waals surface area contributed by atoms with Crippen LogP contribution < -0.4 is 15.0 Å². The Kier molecular flexibility index (Phi) is 6.71. The lowest BCUT2D eigenvalue weighted by molar-refractivity contribution is -0.384. The van der Waals surface area contributed by atoms with E-state index in [0.29, 0.717) is 16.5 Å². The Hall–Kier alpha value is -5.02. The SMILES string of the molecule is Cc1ccccc1Oc1ccc(N2C(=S)N[C@H](c3ccccn3)[C@@H]2c2cccn2-c2cccc([N+](=O)[O-])c2)cc1. The maximum absolute atomic E-state index is 11.5. The smallest absolute Gasteiger partial charge is 0.271 e. The highest BCUT2D eigenvalue weighted by atomic mass is 32.1. The van der Waals surface area contributed by atoms with Crippen LogP contribution in [-0.4, -0.2) is 19.6 Å². The van der Waals surface area contributed by atoms with E-state index in [0.717, 1.165) is 28.4 Å². The van der Waals surface area contributed by atoms with Crippen LogP contribution in [0.5, 0.6) is 11.5 Å². The molecule has 0 radical (unpaired) electrons. The fourth-order valence-corrected chi connectivity index (χ4v) is 5.38. The van der Waals surface area contributed by atoms with Crippen molar-refractivity contribution in [2.45, 2.75) is 19.0 Å². The third-order valence-corrected chi connectivity index (χ3v) is 7.25. The monoisotopic (exact) mass is 547 g/mol. The van der Waals surface area contributed by atoms with Crippen molar-refractivity contribution in [1.82, 2.24) is 14.9 Å². The van der Waals surface area contributed by atoms with E-state index in [1.165, 1.54) is 6.07 Å². The van der Waals surface area contributed by atoms with Crippen LogP contribution >= 0.6 is 12.2 Å². The van der Waals surface area contributed by atoms with Crippen molar-refractivity contribution >= 4 is 28.7 Å². The van der Waals surface area contributed by atoms with Crippen molar-refractivity contribution in [2.75, 3.05) is 4.90 Å². The Labute approximate surface area is 236 Å². The number of thiocarbonyl (C=S) groups is 1. The summed E-state index contributed by atoms with van der Waals surface area (Å²) < 4.78 is 8.08. The minimum atomic E-state index is -0.386. The summed E-state index contributed by atoms with van der Waals surface area (Å²) in [5, 5.41) is 15.5. The summed E-state index contributed by atoms with van der Waals surface area (Å²) in [5.41, 5.74) is 4.39. The van der Waals surface area contributed by atoms with Crippen LogP contribution in [-0.2, 0) is 0 Å². The lowest BCUT2D eigenvalue weighted by atomic mass is 10.0. The molecule has 5 aromatic rings. The van der Waals surface area contributed by atoms with Crippen LogP contribution in [0.4, 0.5) is 11.4 Å². The number of para-hydroxylation sites is 1. The zero-order valence-electron chi connectivity index (χ0n) is 21.5. The molecule has 3 heterocycles. The molecule has 1 N–H and O–H groups in total. The average molecular weight is 548 g/mol. The number of nitro groups is 1. The fraction of sp³-hybridized carbons (Fsp3) is 0.0968. The number of aryl methyl sites for hydroxylation is 1. The third-order valence-electron chi connectivity index (χ3n) is 6.94. The van der Waals surface area contributed by atoms with Gasteiger partial charge in [0.2, 0.25) is 0 Å². The van der Waals surface area contributed by atoms with Gasteiger partial charge in [-0.1, -0.05) is 30.3 Å². The molecule has 1 aliphatic rings. The molecule has 0 bridgehead atoms. The average Bonchev–Trinajstić information content (AvgIpc) is 3.60. The molecule has 198 valence electrons. The number of nitro benzene ring substituents is 1. The van der Waals surface area contributed by atoms with Gasteiger partial charge in [-0.2, -0.15) is 0 Å². The summed E-state index contributed by atoms with van der Waals surface area (Å²) in [7, 11) is 0. The maximum atomic E-state index is 11.5. The first-order valence-corrected chi connectivity index (χ1v) is 13.2. The van der Waals surface area contributed by atoms with Gasteiger partial charge >= 0.3 is 0 Å². The Balaban J connectivity index is 1.41. The first-order chi connectivity index (χ1) is 19.5. The molecular weight excluding hydrogens is 522 g/mol. The van der Waals surface area contributed by atoms with Crippen molar-refractivity contribution in [3.63, 3.8) is 0 Å². The molecule has 0 unspecified atom stereocenters. The Bertz CT molecular complexity index is 1690. The topological polar surface area (TPSA) is 85.5 Å². The minimum Gasteiger partial charge on any atom is -0.457 e. The molecule has 40 heavy (non-hydrogen) atoms. The Morgan fingerprint density at radius 3 is 2.48 bits per heavy atom. The zero-order valence-corrected chi connectivity index (χ0v) is 22.4. The zero-order chi connectivity index (χ0) is 27.6. The van der Waals surface area contributed by atoms with Gasteiger partial charge in [-0.3, -0.25) is 15.1 Å². The van der Waals surface area contributed by atoms with Gasteiger partial charge in [0.05, 0.1) is 22.3 Å². The van der Waals surface area contributed by atoms with E-state index >= 15 is 0 Å². The Morgan fingerprint density at radius 2 is 1.73 bits per heavy atom. The van der Waals surface area contributed by atoms with Crippen molar-refractivity contribution in [1.29, 1.82) is 0 Å². The maximum Gasteiger partial charge on any atom is 0.271 e. The number of pyridine rings is 1. The van der Waals surface area contributed by atoms with Crippen molar-refractivity contribution in [2.24, 2.45) is 0 Å². The van der Waals surface area contributed by atoms with E-state index in [1.807, 2.05) is 103 Å². The predicted molar refractivity (Wildman–Crippen MR) is 158 cm³/mol. The number of hydrogen-bond acceptors (Lipinski definition) is 5. The van der Waals surface area contributed by atoms with Crippen LogP contribution in [0, 0.1) is 17.0 Å². The molecule has 0 amide bonds. The molecule has 0 spiro atoms. The molecule has 0 saturated carbocycles. The molecule has 1 fully saturated rings. The van der Waals surface area contributed by atoms with E-state index in [2.05, 4.69) is 15.2 Å². The standard InChI is InChI=1S/C31H25N5O3S/c1-21-8-2-3-13-28(21)39-25-16-14-22(15-17-25)35-30(29(33-31(35)40)26-11-4-5-18-32-26)27-12-7-19-34(27)23-9-6-10-24(20-23)36(37)38/h2-20,29-30H,1H3,(H,33,40)/t29-,30+/m1/s1. The largest absolute Gasteiger partial charge is 0.457 e. The highest BCUT2D eigenvalue weighted by molar-refractivity contribution is 7.80. The van der Waals surface area contributed by atoms with E-state index < -0.39 is 0 Å². The summed E-state index contributed by atoms with van der Waals surface area (Å²) in [5.74, 6) is 1.52. The van der Waals surface area contributed by atoms with Crippen molar-refractivity contribution in [3.05, 3.63) is 143 Å². The quantitative estimate of drug-likeness (QED) is 0.133. The summed E-state index contributed by atoms with van der Waals surface area (Å²) in [6.45, 7) is 2.01. The second kappa shape index (κ2) is 10.6. The summed E-state index contributed by atoms with van der Waals surface area (Å²) in [6, 6.07) is 31.5. The van der Waals surface area contributed by atoms with Crippen LogP contribution in [0.1, 0.15) is 29.0 Å². The van der Waals surface area contributed by atoms with Gasteiger partial charge in [-0.05, 0) is 85.4 Å².